The zero-order valence-electron chi connectivity index (χ0n) is 9.27. The Balaban J connectivity index is 2.96. The molecule has 0 unspecified atom stereocenters. The predicted octanol–water partition coefficient (Wildman–Crippen LogP) is 2.76. The quantitative estimate of drug-likeness (QED) is 0.441. The fourth-order valence-corrected chi connectivity index (χ4v) is 1.11. The van der Waals surface area contributed by atoms with Crippen LogP contribution in [0.5, 0.6) is 0 Å². The maximum Gasteiger partial charge on any atom is 0.419 e. The molecule has 0 aliphatic carbocycles. The highest BCUT2D eigenvalue weighted by Gasteiger charge is 2.34. The maximum atomic E-state index is 12.9. The lowest BCUT2D eigenvalue weighted by Gasteiger charge is -2.07. The van der Waals surface area contributed by atoms with Crippen molar-refractivity contribution in [1.29, 1.82) is 0 Å². The fourth-order valence-electron chi connectivity index (χ4n) is 1.11. The van der Waals surface area contributed by atoms with Crippen LogP contribution in [0.3, 0.4) is 0 Å². The topological polar surface area (TPSA) is 26.3 Å². The molecule has 0 atom stereocenters. The zero-order valence-corrected chi connectivity index (χ0v) is 9.27. The predicted molar refractivity (Wildman–Crippen MR) is 54.9 cm³/mol. The van der Waals surface area contributed by atoms with Crippen LogP contribution in [0, 0.1) is 17.7 Å². The molecular weight excluding hydrogens is 252 g/mol. The van der Waals surface area contributed by atoms with E-state index in [1.165, 1.54) is 7.11 Å². The molecule has 0 heterocycles. The largest absolute Gasteiger partial charge is 0.468 e. The van der Waals surface area contributed by atoms with Crippen LogP contribution in [0.25, 0.3) is 0 Å². The fraction of sp³-hybridized carbons (Fsp3) is 0.250. The van der Waals surface area contributed by atoms with E-state index < -0.39 is 23.5 Å². The van der Waals surface area contributed by atoms with Crippen molar-refractivity contribution >= 4 is 5.97 Å². The van der Waals surface area contributed by atoms with Crippen molar-refractivity contribution in [2.24, 2.45) is 0 Å². The molecule has 1 rings (SSSR count). The van der Waals surface area contributed by atoms with Gasteiger partial charge in [-0.05, 0) is 18.2 Å². The summed E-state index contributed by atoms with van der Waals surface area (Å²) in [5, 5.41) is 0. The third kappa shape index (κ3) is 3.77. The molecule has 0 fully saturated rings. The average Bonchev–Trinajstić information content (AvgIpc) is 2.29. The van der Waals surface area contributed by atoms with Gasteiger partial charge in [-0.1, -0.05) is 11.8 Å². The third-order valence-electron chi connectivity index (χ3n) is 1.96. The van der Waals surface area contributed by atoms with Gasteiger partial charge in [0.15, 0.2) is 0 Å². The summed E-state index contributed by atoms with van der Waals surface area (Å²) < 4.78 is 54.3. The molecule has 0 bridgehead atoms. The minimum atomic E-state index is -4.77. The van der Waals surface area contributed by atoms with E-state index in [1.807, 2.05) is 0 Å². The number of halogens is 4. The smallest absolute Gasteiger partial charge is 0.419 e. The number of benzene rings is 1. The first-order valence-electron chi connectivity index (χ1n) is 4.77. The molecule has 0 radical (unpaired) electrons. The molecule has 0 saturated heterocycles. The first kappa shape index (κ1) is 14.0. The number of rotatable bonds is 1. The van der Waals surface area contributed by atoms with Crippen molar-refractivity contribution in [2.75, 3.05) is 7.11 Å². The lowest BCUT2D eigenvalue weighted by atomic mass is 10.1. The summed E-state index contributed by atoms with van der Waals surface area (Å²) in [6.45, 7) is 0. The van der Waals surface area contributed by atoms with Crippen LogP contribution in [0.4, 0.5) is 17.6 Å². The Morgan fingerprint density at radius 1 is 1.39 bits per heavy atom. The summed E-state index contributed by atoms with van der Waals surface area (Å²) in [5.74, 6) is 2.71. The van der Waals surface area contributed by atoms with Gasteiger partial charge < -0.3 is 4.74 Å². The molecule has 1 aromatic carbocycles. The van der Waals surface area contributed by atoms with Gasteiger partial charge >= 0.3 is 12.1 Å². The van der Waals surface area contributed by atoms with Crippen molar-refractivity contribution in [2.45, 2.75) is 12.6 Å². The second-order valence-electron chi connectivity index (χ2n) is 3.25. The lowest BCUT2D eigenvalue weighted by Crippen LogP contribution is -2.08. The van der Waals surface area contributed by atoms with E-state index >= 15 is 0 Å². The van der Waals surface area contributed by atoms with Crippen LogP contribution in [-0.2, 0) is 15.7 Å². The van der Waals surface area contributed by atoms with Crippen molar-refractivity contribution in [3.8, 4) is 11.8 Å². The second kappa shape index (κ2) is 5.54. The van der Waals surface area contributed by atoms with Crippen molar-refractivity contribution in [1.82, 2.24) is 0 Å². The maximum absolute atomic E-state index is 12.9. The summed E-state index contributed by atoms with van der Waals surface area (Å²) in [5.41, 5.74) is -1.40. The molecule has 6 heteroatoms. The number of esters is 1. The molecule has 0 aromatic heterocycles. The number of carbonyl (C=O) groups excluding carboxylic acids is 1. The Bertz CT molecular complexity index is 509. The number of carbonyl (C=O) groups is 1. The van der Waals surface area contributed by atoms with E-state index in [0.717, 1.165) is 6.07 Å². The van der Waals surface area contributed by atoms with Crippen molar-refractivity contribution in [3.63, 3.8) is 0 Å². The van der Waals surface area contributed by atoms with E-state index in [-0.39, 0.29) is 12.0 Å². The van der Waals surface area contributed by atoms with E-state index in [9.17, 15) is 22.4 Å². The van der Waals surface area contributed by atoms with E-state index in [0.29, 0.717) is 12.1 Å². The molecule has 0 aliphatic heterocycles. The van der Waals surface area contributed by atoms with Gasteiger partial charge in [0.1, 0.15) is 12.2 Å². The highest BCUT2D eigenvalue weighted by molar-refractivity contribution is 5.72. The van der Waals surface area contributed by atoms with Gasteiger partial charge in [-0.2, -0.15) is 13.2 Å². The van der Waals surface area contributed by atoms with Crippen LogP contribution in [-0.4, -0.2) is 13.1 Å². The summed E-state index contributed by atoms with van der Waals surface area (Å²) in [6, 6.07) is 2.39. The standard InChI is InChI=1S/C12H8F4O2/c1-18-11(17)4-2-3-8-5-6-10(13)9(7-8)12(14,15)16/h5-7H,4H2,1H3. The van der Waals surface area contributed by atoms with Gasteiger partial charge in [-0.3, -0.25) is 4.79 Å². The summed E-state index contributed by atoms with van der Waals surface area (Å²) in [7, 11) is 1.17. The molecule has 18 heavy (non-hydrogen) atoms. The summed E-state index contributed by atoms with van der Waals surface area (Å²) >= 11 is 0. The summed E-state index contributed by atoms with van der Waals surface area (Å²) in [6.07, 6.45) is -5.01. The first-order valence-corrected chi connectivity index (χ1v) is 4.77. The Morgan fingerprint density at radius 2 is 2.06 bits per heavy atom. The van der Waals surface area contributed by atoms with Gasteiger partial charge in [-0.25, -0.2) is 4.39 Å². The van der Waals surface area contributed by atoms with Gasteiger partial charge in [0.2, 0.25) is 0 Å². The SMILES string of the molecule is COC(=O)CC#Cc1ccc(F)c(C(F)(F)F)c1. The number of hydrogen-bond donors (Lipinski definition) is 0. The van der Waals surface area contributed by atoms with Gasteiger partial charge in [0.25, 0.3) is 0 Å². The third-order valence-corrected chi connectivity index (χ3v) is 1.96. The zero-order chi connectivity index (χ0) is 13.8. The number of alkyl halides is 3. The number of methoxy groups -OCH3 is 1. The molecule has 0 N–H and O–H groups in total. The normalized spacial score (nSPS) is 10.5. The molecule has 1 aromatic rings. The Kier molecular flexibility index (Phi) is 4.32. The van der Waals surface area contributed by atoms with Gasteiger partial charge in [-0.15, -0.1) is 0 Å². The minimum Gasteiger partial charge on any atom is -0.468 e. The van der Waals surface area contributed by atoms with Crippen LogP contribution in [0.15, 0.2) is 18.2 Å². The molecule has 0 amide bonds. The van der Waals surface area contributed by atoms with Crippen LogP contribution in [0.2, 0.25) is 0 Å². The highest BCUT2D eigenvalue weighted by Crippen LogP contribution is 2.31. The van der Waals surface area contributed by atoms with Crippen molar-refractivity contribution in [3.05, 3.63) is 35.1 Å². The van der Waals surface area contributed by atoms with E-state index in [2.05, 4.69) is 16.6 Å². The Hall–Kier alpha value is -2.03. The molecular formula is C12H8F4O2. The van der Waals surface area contributed by atoms with Crippen LogP contribution in [0.1, 0.15) is 17.5 Å². The van der Waals surface area contributed by atoms with Gasteiger partial charge in [0.05, 0.1) is 12.7 Å². The molecule has 0 saturated carbocycles. The minimum absolute atomic E-state index is 0.0207. The van der Waals surface area contributed by atoms with Crippen LogP contribution >= 0.6 is 0 Å². The first-order chi connectivity index (χ1) is 8.34. The van der Waals surface area contributed by atoms with Gasteiger partial charge in [0, 0.05) is 5.56 Å². The number of ether oxygens (including phenoxy) is 1. The van der Waals surface area contributed by atoms with Crippen LogP contribution < -0.4 is 0 Å². The number of hydrogen-bond acceptors (Lipinski definition) is 2. The van der Waals surface area contributed by atoms with Crippen molar-refractivity contribution < 1.29 is 27.1 Å². The lowest BCUT2D eigenvalue weighted by molar-refractivity contribution is -0.140. The van der Waals surface area contributed by atoms with E-state index in [4.69, 9.17) is 0 Å². The molecule has 0 aliphatic rings. The molecule has 0 spiro atoms. The monoisotopic (exact) mass is 260 g/mol. The second-order valence-corrected chi connectivity index (χ2v) is 3.25. The average molecular weight is 260 g/mol. The molecule has 2 nitrogen and oxygen atoms in total. The molecule has 96 valence electrons. The van der Waals surface area contributed by atoms with E-state index in [1.54, 1.807) is 0 Å². The Labute approximate surface area is 101 Å². The Morgan fingerprint density at radius 3 is 2.61 bits per heavy atom. The summed E-state index contributed by atoms with van der Waals surface area (Å²) in [4.78, 5) is 10.7. The highest BCUT2D eigenvalue weighted by atomic mass is 19.4.